The lowest BCUT2D eigenvalue weighted by Gasteiger charge is -2.01. The van der Waals surface area contributed by atoms with Gasteiger partial charge in [-0.2, -0.15) is 0 Å². The zero-order valence-corrected chi connectivity index (χ0v) is 6.07. The molecule has 0 heteroatoms. The molecular weight excluding hydrogens is 96.1 g/mol. The molecule has 0 unspecified atom stereocenters. The fraction of sp³-hybridized carbons (Fsp3) is 0.625. The van der Waals surface area contributed by atoms with Crippen LogP contribution in [0.15, 0.2) is 11.6 Å². The highest BCUT2D eigenvalue weighted by atomic mass is 14.0. The summed E-state index contributed by atoms with van der Waals surface area (Å²) in [7, 11) is 0. The summed E-state index contributed by atoms with van der Waals surface area (Å²) in [6, 6.07) is 0. The minimum Gasteiger partial charge on any atom is -0.0854 e. The lowest BCUT2D eigenvalue weighted by molar-refractivity contribution is 0.765. The Labute approximate surface area is 52.6 Å². The first-order chi connectivity index (χ1) is 3.68. The summed E-state index contributed by atoms with van der Waals surface area (Å²) in [6.45, 7) is 10.3. The lowest BCUT2D eigenvalue weighted by Crippen LogP contribution is -1.86. The SMILES string of the molecule is [CH2]CC=C(C)C(C)C. The summed E-state index contributed by atoms with van der Waals surface area (Å²) < 4.78 is 0. The standard InChI is InChI=1S/C8H15/c1-5-6-8(4)7(2)3/h6-7H,1,5H2,2-4H3. The fourth-order valence-corrected chi connectivity index (χ4v) is 0.463. The van der Waals surface area contributed by atoms with Crippen LogP contribution in [0, 0.1) is 12.8 Å². The van der Waals surface area contributed by atoms with Gasteiger partial charge in [-0.3, -0.25) is 0 Å². The number of hydrogen-bond acceptors (Lipinski definition) is 0. The van der Waals surface area contributed by atoms with Crippen molar-refractivity contribution in [2.75, 3.05) is 0 Å². The van der Waals surface area contributed by atoms with Gasteiger partial charge in [0.25, 0.3) is 0 Å². The van der Waals surface area contributed by atoms with Gasteiger partial charge in [0.15, 0.2) is 0 Å². The van der Waals surface area contributed by atoms with E-state index in [4.69, 9.17) is 0 Å². The van der Waals surface area contributed by atoms with Gasteiger partial charge < -0.3 is 0 Å². The zero-order chi connectivity index (χ0) is 6.57. The van der Waals surface area contributed by atoms with Crippen LogP contribution < -0.4 is 0 Å². The molecule has 0 aromatic rings. The van der Waals surface area contributed by atoms with Crippen LogP contribution in [0.5, 0.6) is 0 Å². The fourth-order valence-electron chi connectivity index (χ4n) is 0.463. The van der Waals surface area contributed by atoms with Crippen LogP contribution in [0.4, 0.5) is 0 Å². The van der Waals surface area contributed by atoms with E-state index in [1.807, 2.05) is 0 Å². The Morgan fingerprint density at radius 1 is 1.62 bits per heavy atom. The molecule has 0 aromatic heterocycles. The molecule has 0 saturated heterocycles. The molecule has 0 aromatic carbocycles. The number of hydrogen-bond donors (Lipinski definition) is 0. The van der Waals surface area contributed by atoms with Gasteiger partial charge >= 0.3 is 0 Å². The Bertz CT molecular complexity index is 78.0. The third kappa shape index (κ3) is 2.84. The average Bonchev–Trinajstić information content (AvgIpc) is 1.67. The van der Waals surface area contributed by atoms with E-state index in [0.29, 0.717) is 5.92 Å². The van der Waals surface area contributed by atoms with Crippen molar-refractivity contribution in [3.05, 3.63) is 18.6 Å². The molecule has 47 valence electrons. The third-order valence-corrected chi connectivity index (χ3v) is 1.38. The maximum Gasteiger partial charge on any atom is -0.0263 e. The molecule has 0 fully saturated rings. The molecule has 0 heterocycles. The van der Waals surface area contributed by atoms with Gasteiger partial charge in [-0.15, -0.1) is 0 Å². The average molecular weight is 111 g/mol. The third-order valence-electron chi connectivity index (χ3n) is 1.38. The second-order valence-corrected chi connectivity index (χ2v) is 2.39. The van der Waals surface area contributed by atoms with Crippen LogP contribution in [0.1, 0.15) is 27.2 Å². The summed E-state index contributed by atoms with van der Waals surface area (Å²) in [5.74, 6) is 0.691. The van der Waals surface area contributed by atoms with Crippen molar-refractivity contribution >= 4 is 0 Å². The van der Waals surface area contributed by atoms with Crippen molar-refractivity contribution in [1.29, 1.82) is 0 Å². The number of rotatable bonds is 2. The second kappa shape index (κ2) is 3.71. The normalized spacial score (nSPS) is 12.9. The van der Waals surface area contributed by atoms with Crippen molar-refractivity contribution in [3.8, 4) is 0 Å². The van der Waals surface area contributed by atoms with Crippen LogP contribution in [0.2, 0.25) is 0 Å². The van der Waals surface area contributed by atoms with Crippen LogP contribution in [0.25, 0.3) is 0 Å². The van der Waals surface area contributed by atoms with E-state index in [0.717, 1.165) is 6.42 Å². The second-order valence-electron chi connectivity index (χ2n) is 2.39. The Morgan fingerprint density at radius 3 is 2.25 bits per heavy atom. The van der Waals surface area contributed by atoms with E-state index >= 15 is 0 Å². The Kier molecular flexibility index (Phi) is 3.59. The molecule has 1 radical (unpaired) electrons. The summed E-state index contributed by atoms with van der Waals surface area (Å²) in [4.78, 5) is 0. The highest BCUT2D eigenvalue weighted by molar-refractivity contribution is 5.00. The molecule has 0 bridgehead atoms. The highest BCUT2D eigenvalue weighted by Crippen LogP contribution is 2.07. The van der Waals surface area contributed by atoms with E-state index in [2.05, 4.69) is 33.8 Å². The van der Waals surface area contributed by atoms with E-state index < -0.39 is 0 Å². The molecule has 8 heavy (non-hydrogen) atoms. The molecule has 0 amide bonds. The predicted octanol–water partition coefficient (Wildman–Crippen LogP) is 2.81. The Balaban J connectivity index is 3.61. The van der Waals surface area contributed by atoms with Gasteiger partial charge in [-0.1, -0.05) is 25.5 Å². The molecular formula is C8H15. The van der Waals surface area contributed by atoms with E-state index in [-0.39, 0.29) is 0 Å². The van der Waals surface area contributed by atoms with Crippen molar-refractivity contribution in [1.82, 2.24) is 0 Å². The van der Waals surface area contributed by atoms with Gasteiger partial charge in [-0.05, 0) is 26.2 Å². The molecule has 0 aliphatic heterocycles. The summed E-state index contributed by atoms with van der Waals surface area (Å²) in [5.41, 5.74) is 1.44. The summed E-state index contributed by atoms with van der Waals surface area (Å²) >= 11 is 0. The zero-order valence-electron chi connectivity index (χ0n) is 6.07. The van der Waals surface area contributed by atoms with E-state index in [9.17, 15) is 0 Å². The highest BCUT2D eigenvalue weighted by Gasteiger charge is 1.91. The molecule has 0 spiro atoms. The summed E-state index contributed by atoms with van der Waals surface area (Å²) in [6.07, 6.45) is 3.09. The Hall–Kier alpha value is -0.260. The minimum atomic E-state index is 0.691. The van der Waals surface area contributed by atoms with E-state index in [1.165, 1.54) is 5.57 Å². The van der Waals surface area contributed by atoms with Crippen LogP contribution in [0.3, 0.4) is 0 Å². The largest absolute Gasteiger partial charge is 0.0854 e. The topological polar surface area (TPSA) is 0 Å². The molecule has 0 N–H and O–H groups in total. The first-order valence-electron chi connectivity index (χ1n) is 3.14. The van der Waals surface area contributed by atoms with Gasteiger partial charge in [-0.25, -0.2) is 0 Å². The smallest absolute Gasteiger partial charge is 0.0263 e. The van der Waals surface area contributed by atoms with Gasteiger partial charge in [0.2, 0.25) is 0 Å². The molecule has 0 saturated carbocycles. The minimum absolute atomic E-state index is 0.691. The summed E-state index contributed by atoms with van der Waals surface area (Å²) in [5, 5.41) is 0. The van der Waals surface area contributed by atoms with Gasteiger partial charge in [0.1, 0.15) is 0 Å². The van der Waals surface area contributed by atoms with Crippen LogP contribution in [-0.4, -0.2) is 0 Å². The van der Waals surface area contributed by atoms with Gasteiger partial charge in [0.05, 0.1) is 0 Å². The maximum absolute atomic E-state index is 3.73. The Morgan fingerprint density at radius 2 is 2.12 bits per heavy atom. The first kappa shape index (κ1) is 7.74. The maximum atomic E-state index is 3.73. The van der Waals surface area contributed by atoms with Crippen molar-refractivity contribution in [2.45, 2.75) is 27.2 Å². The monoisotopic (exact) mass is 111 g/mol. The molecule has 0 atom stereocenters. The van der Waals surface area contributed by atoms with Crippen LogP contribution >= 0.6 is 0 Å². The van der Waals surface area contributed by atoms with Crippen molar-refractivity contribution in [3.63, 3.8) is 0 Å². The van der Waals surface area contributed by atoms with Crippen molar-refractivity contribution < 1.29 is 0 Å². The predicted molar refractivity (Wildman–Crippen MR) is 38.6 cm³/mol. The lowest BCUT2D eigenvalue weighted by atomic mass is 10.0. The quantitative estimate of drug-likeness (QED) is 0.481. The van der Waals surface area contributed by atoms with Crippen molar-refractivity contribution in [2.24, 2.45) is 5.92 Å². The number of allylic oxidation sites excluding steroid dienone is 2. The van der Waals surface area contributed by atoms with E-state index in [1.54, 1.807) is 0 Å². The molecule has 0 aliphatic carbocycles. The molecule has 0 rings (SSSR count). The van der Waals surface area contributed by atoms with Gasteiger partial charge in [0, 0.05) is 0 Å². The van der Waals surface area contributed by atoms with Crippen LogP contribution in [-0.2, 0) is 0 Å². The molecule has 0 aliphatic rings. The molecule has 0 nitrogen and oxygen atoms in total. The first-order valence-corrected chi connectivity index (χ1v) is 3.14.